The van der Waals surface area contributed by atoms with Crippen molar-refractivity contribution in [2.24, 2.45) is 0 Å². The lowest BCUT2D eigenvalue weighted by Gasteiger charge is -2.07. The highest BCUT2D eigenvalue weighted by atomic mass is 19.1. The van der Waals surface area contributed by atoms with E-state index in [-0.39, 0.29) is 16.7 Å². The van der Waals surface area contributed by atoms with Gasteiger partial charge in [-0.25, -0.2) is 18.7 Å². The summed E-state index contributed by atoms with van der Waals surface area (Å²) in [5, 5.41) is 3.03. The number of nitrogens with zero attached hydrogens (tertiary/aromatic N) is 3. The van der Waals surface area contributed by atoms with E-state index in [1.165, 1.54) is 24.4 Å². The molecular formula is C14H12FN5O2. The van der Waals surface area contributed by atoms with Gasteiger partial charge in [-0.3, -0.25) is 9.78 Å². The second-order valence-corrected chi connectivity index (χ2v) is 4.54. The van der Waals surface area contributed by atoms with Gasteiger partial charge in [-0.05, 0) is 25.1 Å². The molecule has 2 heterocycles. The molecular weight excluding hydrogens is 289 g/mol. The van der Waals surface area contributed by atoms with E-state index in [4.69, 9.17) is 0 Å². The molecule has 112 valence electrons. The Morgan fingerprint density at radius 3 is 2.91 bits per heavy atom. The van der Waals surface area contributed by atoms with Gasteiger partial charge in [0.05, 0.1) is 5.69 Å². The summed E-state index contributed by atoms with van der Waals surface area (Å²) in [5.74, 6) is -0.226. The van der Waals surface area contributed by atoms with Crippen LogP contribution in [0.1, 0.15) is 6.92 Å². The van der Waals surface area contributed by atoms with Crippen molar-refractivity contribution >= 4 is 17.0 Å². The van der Waals surface area contributed by atoms with E-state index < -0.39 is 17.1 Å². The zero-order valence-electron chi connectivity index (χ0n) is 11.6. The minimum Gasteiger partial charge on any atom is -0.354 e. The van der Waals surface area contributed by atoms with Crippen molar-refractivity contribution in [1.82, 2.24) is 19.5 Å². The maximum Gasteiger partial charge on any atom is 0.334 e. The third-order valence-electron chi connectivity index (χ3n) is 3.05. The third-order valence-corrected chi connectivity index (χ3v) is 3.05. The topological polar surface area (TPSA) is 92.7 Å². The second-order valence-electron chi connectivity index (χ2n) is 4.54. The van der Waals surface area contributed by atoms with Crippen LogP contribution in [0, 0.1) is 5.82 Å². The first-order chi connectivity index (χ1) is 10.6. The summed E-state index contributed by atoms with van der Waals surface area (Å²) in [6.45, 7) is 2.48. The molecule has 7 nitrogen and oxygen atoms in total. The van der Waals surface area contributed by atoms with Crippen LogP contribution in [0.3, 0.4) is 0 Å². The average Bonchev–Trinajstić information content (AvgIpc) is 2.47. The number of aromatic nitrogens is 4. The Kier molecular flexibility index (Phi) is 3.42. The molecule has 0 unspecified atom stereocenters. The fraction of sp³-hybridized carbons (Fsp3) is 0.143. The Balaban J connectivity index is 2.28. The summed E-state index contributed by atoms with van der Waals surface area (Å²) < 4.78 is 14.2. The lowest BCUT2D eigenvalue weighted by atomic mass is 10.3. The first kappa shape index (κ1) is 13.9. The number of rotatable bonds is 3. The number of aromatic amines is 1. The van der Waals surface area contributed by atoms with E-state index in [2.05, 4.69) is 20.3 Å². The smallest absolute Gasteiger partial charge is 0.334 e. The molecule has 1 aromatic carbocycles. The van der Waals surface area contributed by atoms with Crippen LogP contribution in [-0.2, 0) is 0 Å². The fourth-order valence-electron chi connectivity index (χ4n) is 2.10. The van der Waals surface area contributed by atoms with Crippen molar-refractivity contribution in [3.05, 3.63) is 57.1 Å². The van der Waals surface area contributed by atoms with Gasteiger partial charge < -0.3 is 5.32 Å². The lowest BCUT2D eigenvalue weighted by Crippen LogP contribution is -2.34. The summed E-state index contributed by atoms with van der Waals surface area (Å²) in [4.78, 5) is 35.2. The van der Waals surface area contributed by atoms with Gasteiger partial charge in [0.15, 0.2) is 5.65 Å². The molecule has 0 radical (unpaired) electrons. The number of nitrogens with one attached hydrogen (secondary N) is 2. The highest BCUT2D eigenvalue weighted by Crippen LogP contribution is 2.08. The van der Waals surface area contributed by atoms with E-state index >= 15 is 0 Å². The first-order valence-electron chi connectivity index (χ1n) is 6.62. The minimum atomic E-state index is -0.691. The third kappa shape index (κ3) is 2.34. The molecule has 0 amide bonds. The quantitative estimate of drug-likeness (QED) is 0.754. The number of H-pyrrole nitrogens is 1. The Bertz CT molecular complexity index is 963. The molecule has 0 bridgehead atoms. The average molecular weight is 301 g/mol. The Morgan fingerprint density at radius 2 is 2.18 bits per heavy atom. The van der Waals surface area contributed by atoms with Crippen LogP contribution in [0.4, 0.5) is 10.3 Å². The van der Waals surface area contributed by atoms with Gasteiger partial charge in [-0.15, -0.1) is 0 Å². The van der Waals surface area contributed by atoms with Crippen LogP contribution < -0.4 is 16.6 Å². The molecule has 0 aliphatic rings. The molecule has 0 fully saturated rings. The predicted molar refractivity (Wildman–Crippen MR) is 79.9 cm³/mol. The highest BCUT2D eigenvalue weighted by molar-refractivity contribution is 5.73. The predicted octanol–water partition coefficient (Wildman–Crippen LogP) is 1.04. The number of anilines is 1. The van der Waals surface area contributed by atoms with Crippen molar-refractivity contribution in [3.63, 3.8) is 0 Å². The van der Waals surface area contributed by atoms with Gasteiger partial charge >= 0.3 is 5.69 Å². The summed E-state index contributed by atoms with van der Waals surface area (Å²) in [6.07, 6.45) is 1.33. The molecule has 3 aromatic rings. The molecule has 0 spiro atoms. The molecule has 0 saturated carbocycles. The van der Waals surface area contributed by atoms with Gasteiger partial charge in [0.1, 0.15) is 11.2 Å². The van der Waals surface area contributed by atoms with Crippen LogP contribution in [-0.4, -0.2) is 26.1 Å². The van der Waals surface area contributed by atoms with Gasteiger partial charge in [-0.2, -0.15) is 4.98 Å². The van der Waals surface area contributed by atoms with E-state index in [0.29, 0.717) is 12.5 Å². The van der Waals surface area contributed by atoms with Crippen molar-refractivity contribution in [2.45, 2.75) is 6.92 Å². The van der Waals surface area contributed by atoms with Crippen LogP contribution in [0.15, 0.2) is 40.1 Å². The Labute approximate surface area is 123 Å². The van der Waals surface area contributed by atoms with Gasteiger partial charge in [0.2, 0.25) is 5.95 Å². The number of hydrogen-bond acceptors (Lipinski definition) is 5. The second kappa shape index (κ2) is 5.40. The van der Waals surface area contributed by atoms with Crippen molar-refractivity contribution in [2.75, 3.05) is 11.9 Å². The SMILES string of the molecule is CCNc1ncc2c(=O)n(-c3cccc(F)c3)c(=O)[nH]c2n1. The summed E-state index contributed by atoms with van der Waals surface area (Å²) in [6, 6.07) is 5.23. The van der Waals surface area contributed by atoms with E-state index in [0.717, 1.165) is 10.6 Å². The largest absolute Gasteiger partial charge is 0.354 e. The zero-order chi connectivity index (χ0) is 15.7. The summed E-state index contributed by atoms with van der Waals surface area (Å²) in [5.41, 5.74) is -1.02. The monoisotopic (exact) mass is 301 g/mol. The summed E-state index contributed by atoms with van der Waals surface area (Å²) >= 11 is 0. The molecule has 2 N–H and O–H groups in total. The maximum atomic E-state index is 13.3. The Morgan fingerprint density at radius 1 is 1.36 bits per heavy atom. The molecule has 0 atom stereocenters. The van der Waals surface area contributed by atoms with Crippen LogP contribution in [0.25, 0.3) is 16.7 Å². The van der Waals surface area contributed by atoms with E-state index in [1.54, 1.807) is 0 Å². The molecule has 0 aliphatic carbocycles. The summed E-state index contributed by atoms with van der Waals surface area (Å²) in [7, 11) is 0. The Hall–Kier alpha value is -3.03. The van der Waals surface area contributed by atoms with Crippen molar-refractivity contribution in [3.8, 4) is 5.69 Å². The van der Waals surface area contributed by atoms with Crippen LogP contribution in [0.2, 0.25) is 0 Å². The molecule has 0 saturated heterocycles. The van der Waals surface area contributed by atoms with Crippen molar-refractivity contribution in [1.29, 1.82) is 0 Å². The molecule has 0 aliphatic heterocycles. The van der Waals surface area contributed by atoms with Gasteiger partial charge in [-0.1, -0.05) is 6.07 Å². The van der Waals surface area contributed by atoms with E-state index in [9.17, 15) is 14.0 Å². The van der Waals surface area contributed by atoms with Gasteiger partial charge in [0.25, 0.3) is 5.56 Å². The van der Waals surface area contributed by atoms with Crippen molar-refractivity contribution < 1.29 is 4.39 Å². The normalized spacial score (nSPS) is 10.8. The highest BCUT2D eigenvalue weighted by Gasteiger charge is 2.12. The zero-order valence-corrected chi connectivity index (χ0v) is 11.6. The van der Waals surface area contributed by atoms with Crippen LogP contribution >= 0.6 is 0 Å². The minimum absolute atomic E-state index is 0.133. The van der Waals surface area contributed by atoms with Gasteiger partial charge in [0, 0.05) is 12.7 Å². The van der Waals surface area contributed by atoms with E-state index in [1.807, 2.05) is 6.92 Å². The number of halogens is 1. The molecule has 8 heteroatoms. The maximum absolute atomic E-state index is 13.3. The number of hydrogen-bond donors (Lipinski definition) is 2. The number of benzene rings is 1. The standard InChI is InChI=1S/C14H12FN5O2/c1-2-16-13-17-7-10-11(18-13)19-14(22)20(12(10)21)9-5-3-4-8(15)6-9/h3-7H,2H2,1H3,(H2,16,17,18,19,22). The fourth-order valence-corrected chi connectivity index (χ4v) is 2.10. The van der Waals surface area contributed by atoms with Crippen LogP contribution in [0.5, 0.6) is 0 Å². The molecule has 22 heavy (non-hydrogen) atoms. The molecule has 2 aromatic heterocycles. The lowest BCUT2D eigenvalue weighted by molar-refractivity contribution is 0.626. The first-order valence-corrected chi connectivity index (χ1v) is 6.62. The molecule has 3 rings (SSSR count). The number of fused-ring (bicyclic) bond motifs is 1.